The Hall–Kier alpha value is -0.900. The molecule has 0 saturated heterocycles. The molecule has 3 N–H and O–H groups in total. The van der Waals surface area contributed by atoms with Crippen molar-refractivity contribution in [1.29, 1.82) is 0 Å². The molecular formula is C6H11NO3. The fourth-order valence-corrected chi connectivity index (χ4v) is 0.542. The van der Waals surface area contributed by atoms with Gasteiger partial charge in [-0.05, 0) is 5.92 Å². The number of carboxylic acid groups (broad SMARTS) is 1. The number of hydrogen-bond donors (Lipinski definition) is 2. The van der Waals surface area contributed by atoms with Crippen LogP contribution in [0.5, 0.6) is 0 Å². The van der Waals surface area contributed by atoms with E-state index >= 15 is 0 Å². The molecule has 4 heteroatoms. The third kappa shape index (κ3) is 2.59. The lowest BCUT2D eigenvalue weighted by Gasteiger charge is -2.11. The third-order valence-corrected chi connectivity index (χ3v) is 1.37. The lowest BCUT2D eigenvalue weighted by Crippen LogP contribution is -2.36. The molecule has 2 unspecified atom stereocenters. The van der Waals surface area contributed by atoms with Gasteiger partial charge in [-0.15, -0.1) is 0 Å². The van der Waals surface area contributed by atoms with E-state index in [4.69, 9.17) is 10.8 Å². The van der Waals surface area contributed by atoms with E-state index in [1.54, 1.807) is 6.92 Å². The predicted octanol–water partition coefficient (Wildman–Crippen LogP) is -0.377. The fraction of sp³-hybridized carbons (Fsp3) is 0.667. The molecule has 58 valence electrons. The summed E-state index contributed by atoms with van der Waals surface area (Å²) in [5.41, 5.74) is 5.19. The molecule has 0 radical (unpaired) electrons. The number of nitrogens with two attached hydrogens (primary N) is 1. The average molecular weight is 145 g/mol. The Kier molecular flexibility index (Phi) is 3.64. The quantitative estimate of drug-likeness (QED) is 0.528. The molecule has 0 fully saturated rings. The first-order valence-electron chi connectivity index (χ1n) is 3.01. The molecule has 0 aliphatic rings. The summed E-state index contributed by atoms with van der Waals surface area (Å²) >= 11 is 0. The zero-order valence-corrected chi connectivity index (χ0v) is 5.78. The summed E-state index contributed by atoms with van der Waals surface area (Å²) in [5.74, 6) is -1.34. The van der Waals surface area contributed by atoms with Gasteiger partial charge in [0.2, 0.25) is 0 Å². The van der Waals surface area contributed by atoms with Crippen LogP contribution in [0.4, 0.5) is 0 Å². The van der Waals surface area contributed by atoms with Crippen LogP contribution in [0.15, 0.2) is 0 Å². The van der Waals surface area contributed by atoms with E-state index in [0.29, 0.717) is 6.29 Å². The second-order valence-electron chi connectivity index (χ2n) is 2.24. The molecule has 2 atom stereocenters. The van der Waals surface area contributed by atoms with Crippen LogP contribution in [0.25, 0.3) is 0 Å². The van der Waals surface area contributed by atoms with Gasteiger partial charge in [-0.3, -0.25) is 4.79 Å². The molecule has 0 amide bonds. The molecule has 0 aromatic carbocycles. The SMILES string of the molecule is CC(CC=O)C(N)C(=O)O. The van der Waals surface area contributed by atoms with Crippen molar-refractivity contribution in [3.63, 3.8) is 0 Å². The Morgan fingerprint density at radius 1 is 1.80 bits per heavy atom. The molecule has 0 spiro atoms. The molecule has 0 aliphatic carbocycles. The number of aldehydes is 1. The molecule has 10 heavy (non-hydrogen) atoms. The van der Waals surface area contributed by atoms with Gasteiger partial charge in [0, 0.05) is 6.42 Å². The van der Waals surface area contributed by atoms with E-state index < -0.39 is 12.0 Å². The van der Waals surface area contributed by atoms with E-state index in [0.717, 1.165) is 0 Å². The van der Waals surface area contributed by atoms with Crippen LogP contribution in [-0.2, 0) is 9.59 Å². The zero-order valence-electron chi connectivity index (χ0n) is 5.78. The maximum Gasteiger partial charge on any atom is 0.320 e. The van der Waals surface area contributed by atoms with Gasteiger partial charge in [-0.25, -0.2) is 0 Å². The normalized spacial score (nSPS) is 15.8. The summed E-state index contributed by atoms with van der Waals surface area (Å²) in [6.07, 6.45) is 0.876. The summed E-state index contributed by atoms with van der Waals surface area (Å²) < 4.78 is 0. The van der Waals surface area contributed by atoms with Gasteiger partial charge in [-0.1, -0.05) is 6.92 Å². The average Bonchev–Trinajstić information content (AvgIpc) is 1.87. The molecule has 0 bridgehead atoms. The Balaban J connectivity index is 3.80. The van der Waals surface area contributed by atoms with Gasteiger partial charge in [0.1, 0.15) is 12.3 Å². The van der Waals surface area contributed by atoms with Crippen molar-refractivity contribution in [2.24, 2.45) is 11.7 Å². The second-order valence-corrected chi connectivity index (χ2v) is 2.24. The monoisotopic (exact) mass is 145 g/mol. The molecule has 0 heterocycles. The van der Waals surface area contributed by atoms with Crippen LogP contribution in [0.2, 0.25) is 0 Å². The summed E-state index contributed by atoms with van der Waals surface area (Å²) in [7, 11) is 0. The van der Waals surface area contributed by atoms with Crippen molar-refractivity contribution in [1.82, 2.24) is 0 Å². The highest BCUT2D eigenvalue weighted by Crippen LogP contribution is 2.03. The Morgan fingerprint density at radius 2 is 2.30 bits per heavy atom. The second kappa shape index (κ2) is 4.00. The number of carbonyl (C=O) groups is 2. The summed E-state index contributed by atoms with van der Waals surface area (Å²) in [6.45, 7) is 1.63. The van der Waals surface area contributed by atoms with Crippen molar-refractivity contribution in [2.45, 2.75) is 19.4 Å². The largest absolute Gasteiger partial charge is 0.480 e. The van der Waals surface area contributed by atoms with E-state index in [1.807, 2.05) is 0 Å². The number of carbonyl (C=O) groups excluding carboxylic acids is 1. The van der Waals surface area contributed by atoms with E-state index in [1.165, 1.54) is 0 Å². The summed E-state index contributed by atoms with van der Waals surface area (Å²) in [6, 6.07) is -0.926. The minimum absolute atomic E-state index is 0.202. The number of hydrogen-bond acceptors (Lipinski definition) is 3. The Bertz CT molecular complexity index is 135. The highest BCUT2D eigenvalue weighted by molar-refractivity contribution is 5.74. The molecule has 0 rings (SSSR count). The molecule has 0 aromatic rings. The first-order chi connectivity index (χ1) is 4.59. The number of rotatable bonds is 4. The number of aliphatic carboxylic acids is 1. The van der Waals surface area contributed by atoms with Crippen LogP contribution >= 0.6 is 0 Å². The van der Waals surface area contributed by atoms with Crippen molar-refractivity contribution in [2.75, 3.05) is 0 Å². The fourth-order valence-electron chi connectivity index (χ4n) is 0.542. The Labute approximate surface area is 59.0 Å². The van der Waals surface area contributed by atoms with E-state index in [-0.39, 0.29) is 12.3 Å². The molecular weight excluding hydrogens is 134 g/mol. The topological polar surface area (TPSA) is 80.4 Å². The van der Waals surface area contributed by atoms with E-state index in [9.17, 15) is 9.59 Å². The predicted molar refractivity (Wildman–Crippen MR) is 35.5 cm³/mol. The summed E-state index contributed by atoms with van der Waals surface area (Å²) in [4.78, 5) is 20.1. The van der Waals surface area contributed by atoms with Gasteiger partial charge < -0.3 is 15.6 Å². The highest BCUT2D eigenvalue weighted by Gasteiger charge is 2.18. The van der Waals surface area contributed by atoms with Crippen molar-refractivity contribution in [3.8, 4) is 0 Å². The standard InChI is InChI=1S/C6H11NO3/c1-4(2-3-8)5(7)6(9)10/h3-5H,2,7H2,1H3,(H,9,10). The van der Waals surface area contributed by atoms with Gasteiger partial charge in [0.05, 0.1) is 0 Å². The Morgan fingerprint density at radius 3 is 2.60 bits per heavy atom. The molecule has 4 nitrogen and oxygen atoms in total. The maximum atomic E-state index is 10.2. The number of carboxylic acids is 1. The van der Waals surface area contributed by atoms with Gasteiger partial charge in [-0.2, -0.15) is 0 Å². The van der Waals surface area contributed by atoms with Gasteiger partial charge in [0.25, 0.3) is 0 Å². The van der Waals surface area contributed by atoms with Crippen LogP contribution in [0.1, 0.15) is 13.3 Å². The molecule has 0 aromatic heterocycles. The first kappa shape index (κ1) is 9.10. The van der Waals surface area contributed by atoms with Crippen LogP contribution in [0.3, 0.4) is 0 Å². The van der Waals surface area contributed by atoms with Crippen molar-refractivity contribution in [3.05, 3.63) is 0 Å². The van der Waals surface area contributed by atoms with Crippen molar-refractivity contribution >= 4 is 12.3 Å². The smallest absolute Gasteiger partial charge is 0.320 e. The molecule has 0 aliphatic heterocycles. The van der Waals surface area contributed by atoms with Crippen LogP contribution < -0.4 is 5.73 Å². The maximum absolute atomic E-state index is 10.2. The highest BCUT2D eigenvalue weighted by atomic mass is 16.4. The lowest BCUT2D eigenvalue weighted by molar-refractivity contribution is -0.139. The van der Waals surface area contributed by atoms with E-state index in [2.05, 4.69) is 0 Å². The van der Waals surface area contributed by atoms with Gasteiger partial charge >= 0.3 is 5.97 Å². The van der Waals surface area contributed by atoms with Crippen LogP contribution in [-0.4, -0.2) is 23.4 Å². The molecule has 0 saturated carbocycles. The third-order valence-electron chi connectivity index (χ3n) is 1.37. The van der Waals surface area contributed by atoms with Gasteiger partial charge in [0.15, 0.2) is 0 Å². The van der Waals surface area contributed by atoms with Crippen molar-refractivity contribution < 1.29 is 14.7 Å². The zero-order chi connectivity index (χ0) is 8.15. The lowest BCUT2D eigenvalue weighted by atomic mass is 10.0. The van der Waals surface area contributed by atoms with Crippen LogP contribution in [0, 0.1) is 5.92 Å². The minimum Gasteiger partial charge on any atom is -0.480 e. The summed E-state index contributed by atoms with van der Waals surface area (Å²) in [5, 5.41) is 8.34. The first-order valence-corrected chi connectivity index (χ1v) is 3.01. The minimum atomic E-state index is -1.06.